The lowest BCUT2D eigenvalue weighted by molar-refractivity contribution is 0.293. The minimum absolute atomic E-state index is 0.116. The van der Waals surface area contributed by atoms with Crippen LogP contribution in [0.1, 0.15) is 0 Å². The molecule has 0 amide bonds. The molecule has 4 aromatic carbocycles. The van der Waals surface area contributed by atoms with E-state index in [0.29, 0.717) is 6.54 Å². The topological polar surface area (TPSA) is 102 Å². The van der Waals surface area contributed by atoms with Gasteiger partial charge < -0.3 is 20.1 Å². The number of fused-ring (bicyclic) bond motifs is 4. The van der Waals surface area contributed by atoms with Crippen LogP contribution >= 0.6 is 0 Å². The van der Waals surface area contributed by atoms with E-state index in [1.165, 1.54) is 0 Å². The standard InChI is InChI=1S/C30H26N6O2/c37-12-10-31-9-11-36-27-7-3-21(19-1-5-25-23(13-19)17-32-34-25)15-29(27)38-30-16-22(4-8-28(30)36)20-2-6-26-24(14-20)18-33-35-26/h1-8,13-18,31,37H,9-12H2,(H,32,34)(H,33,35). The molecule has 188 valence electrons. The van der Waals surface area contributed by atoms with E-state index in [1.807, 2.05) is 12.4 Å². The first kappa shape index (κ1) is 22.5. The average molecular weight is 503 g/mol. The minimum Gasteiger partial charge on any atom is -0.453 e. The first-order chi connectivity index (χ1) is 18.8. The second-order valence-electron chi connectivity index (χ2n) is 9.44. The van der Waals surface area contributed by atoms with E-state index in [2.05, 4.69) is 103 Å². The first-order valence-corrected chi connectivity index (χ1v) is 12.7. The number of aromatic amines is 2. The molecule has 3 heterocycles. The molecule has 2 aromatic heterocycles. The highest BCUT2D eigenvalue weighted by atomic mass is 16.5. The monoisotopic (exact) mass is 502 g/mol. The summed E-state index contributed by atoms with van der Waals surface area (Å²) in [6, 6.07) is 25.3. The fraction of sp³-hybridized carbons (Fsp3) is 0.133. The number of aromatic nitrogens is 4. The number of hydrogen-bond acceptors (Lipinski definition) is 6. The molecule has 1 aliphatic heterocycles. The summed E-state index contributed by atoms with van der Waals surface area (Å²) >= 11 is 0. The highest BCUT2D eigenvalue weighted by molar-refractivity contribution is 5.88. The summed E-state index contributed by atoms with van der Waals surface area (Å²) in [6.45, 7) is 2.15. The highest BCUT2D eigenvalue weighted by Crippen LogP contribution is 2.49. The van der Waals surface area contributed by atoms with E-state index >= 15 is 0 Å². The van der Waals surface area contributed by atoms with E-state index in [9.17, 15) is 5.11 Å². The Morgan fingerprint density at radius 2 is 1.21 bits per heavy atom. The van der Waals surface area contributed by atoms with Crippen molar-refractivity contribution in [1.82, 2.24) is 25.7 Å². The van der Waals surface area contributed by atoms with E-state index in [-0.39, 0.29) is 6.61 Å². The number of aliphatic hydroxyl groups is 1. The Balaban J connectivity index is 1.28. The van der Waals surface area contributed by atoms with Gasteiger partial charge in [-0.25, -0.2) is 0 Å². The molecule has 6 aromatic rings. The van der Waals surface area contributed by atoms with Gasteiger partial charge in [-0.2, -0.15) is 10.2 Å². The molecule has 0 spiro atoms. The molecule has 38 heavy (non-hydrogen) atoms. The Labute approximate surface area is 218 Å². The number of nitrogens with one attached hydrogen (secondary N) is 3. The summed E-state index contributed by atoms with van der Waals surface area (Å²) in [5, 5.41) is 29.0. The lowest BCUT2D eigenvalue weighted by Gasteiger charge is -2.33. The van der Waals surface area contributed by atoms with Crippen LogP contribution in [0.5, 0.6) is 11.5 Å². The molecular weight excluding hydrogens is 476 g/mol. The Hall–Kier alpha value is -4.66. The van der Waals surface area contributed by atoms with Crippen LogP contribution in [0.15, 0.2) is 85.2 Å². The quantitative estimate of drug-likeness (QED) is 0.212. The van der Waals surface area contributed by atoms with Crippen molar-refractivity contribution in [2.24, 2.45) is 0 Å². The number of aliphatic hydroxyl groups excluding tert-OH is 1. The summed E-state index contributed by atoms with van der Waals surface area (Å²) < 4.78 is 6.57. The zero-order valence-corrected chi connectivity index (χ0v) is 20.6. The molecule has 1 aliphatic rings. The van der Waals surface area contributed by atoms with Crippen LogP contribution in [0.2, 0.25) is 0 Å². The molecule has 8 heteroatoms. The van der Waals surface area contributed by atoms with Crippen LogP contribution in [0.4, 0.5) is 11.4 Å². The summed E-state index contributed by atoms with van der Waals surface area (Å²) in [4.78, 5) is 2.28. The lowest BCUT2D eigenvalue weighted by atomic mass is 10.0. The van der Waals surface area contributed by atoms with Gasteiger partial charge in [-0.1, -0.05) is 24.3 Å². The van der Waals surface area contributed by atoms with Crippen LogP contribution in [0.25, 0.3) is 44.1 Å². The zero-order valence-electron chi connectivity index (χ0n) is 20.6. The fourth-order valence-electron chi connectivity index (χ4n) is 5.13. The molecule has 0 fully saturated rings. The van der Waals surface area contributed by atoms with Gasteiger partial charge >= 0.3 is 0 Å². The van der Waals surface area contributed by atoms with E-state index in [0.717, 1.165) is 80.0 Å². The zero-order chi connectivity index (χ0) is 25.5. The predicted octanol–water partition coefficient (Wildman–Crippen LogP) is 5.60. The van der Waals surface area contributed by atoms with Gasteiger partial charge in [0.1, 0.15) is 0 Å². The van der Waals surface area contributed by atoms with Crippen LogP contribution in [-0.4, -0.2) is 51.7 Å². The van der Waals surface area contributed by atoms with Crippen molar-refractivity contribution in [2.75, 3.05) is 31.1 Å². The van der Waals surface area contributed by atoms with Gasteiger partial charge in [0, 0.05) is 30.4 Å². The van der Waals surface area contributed by atoms with Gasteiger partial charge in [-0.3, -0.25) is 10.2 Å². The van der Waals surface area contributed by atoms with Crippen molar-refractivity contribution in [3.8, 4) is 33.8 Å². The second kappa shape index (κ2) is 9.33. The van der Waals surface area contributed by atoms with Crippen LogP contribution < -0.4 is 15.0 Å². The number of ether oxygens (including phenoxy) is 1. The number of hydrogen-bond donors (Lipinski definition) is 4. The van der Waals surface area contributed by atoms with Gasteiger partial charge in [-0.15, -0.1) is 0 Å². The first-order valence-electron chi connectivity index (χ1n) is 12.7. The molecule has 0 saturated heterocycles. The molecule has 0 unspecified atom stereocenters. The van der Waals surface area contributed by atoms with Crippen molar-refractivity contribution < 1.29 is 9.84 Å². The molecule has 0 aliphatic carbocycles. The van der Waals surface area contributed by atoms with Crippen molar-refractivity contribution >= 4 is 33.2 Å². The van der Waals surface area contributed by atoms with Gasteiger partial charge in [0.25, 0.3) is 0 Å². The molecule has 0 radical (unpaired) electrons. The second-order valence-corrected chi connectivity index (χ2v) is 9.44. The predicted molar refractivity (Wildman–Crippen MR) is 150 cm³/mol. The Bertz CT molecular complexity index is 1650. The smallest absolute Gasteiger partial charge is 0.151 e. The lowest BCUT2D eigenvalue weighted by Crippen LogP contribution is -2.31. The van der Waals surface area contributed by atoms with Crippen LogP contribution in [0.3, 0.4) is 0 Å². The van der Waals surface area contributed by atoms with Crippen molar-refractivity contribution in [1.29, 1.82) is 0 Å². The molecule has 0 atom stereocenters. The number of benzene rings is 4. The van der Waals surface area contributed by atoms with Crippen LogP contribution in [0, 0.1) is 0 Å². The van der Waals surface area contributed by atoms with Crippen molar-refractivity contribution in [3.63, 3.8) is 0 Å². The molecule has 0 saturated carbocycles. The number of H-pyrrole nitrogens is 2. The largest absolute Gasteiger partial charge is 0.453 e. The molecule has 8 nitrogen and oxygen atoms in total. The van der Waals surface area contributed by atoms with E-state index < -0.39 is 0 Å². The summed E-state index contributed by atoms with van der Waals surface area (Å²) in [5.74, 6) is 1.62. The van der Waals surface area contributed by atoms with E-state index in [4.69, 9.17) is 4.74 Å². The summed E-state index contributed by atoms with van der Waals surface area (Å²) in [5.41, 5.74) is 8.43. The highest BCUT2D eigenvalue weighted by Gasteiger charge is 2.25. The Morgan fingerprint density at radius 1 is 0.684 bits per heavy atom. The molecule has 7 rings (SSSR count). The third-order valence-electron chi connectivity index (χ3n) is 7.07. The summed E-state index contributed by atoms with van der Waals surface area (Å²) in [7, 11) is 0. The molecular formula is C30H26N6O2. The minimum atomic E-state index is 0.116. The Morgan fingerprint density at radius 3 is 1.76 bits per heavy atom. The third-order valence-corrected chi connectivity index (χ3v) is 7.07. The Kier molecular flexibility index (Phi) is 5.53. The van der Waals surface area contributed by atoms with Crippen molar-refractivity contribution in [3.05, 3.63) is 85.2 Å². The number of anilines is 2. The van der Waals surface area contributed by atoms with Crippen molar-refractivity contribution in [2.45, 2.75) is 0 Å². The average Bonchev–Trinajstić information content (AvgIpc) is 3.63. The normalized spacial score (nSPS) is 12.5. The maximum absolute atomic E-state index is 9.19. The van der Waals surface area contributed by atoms with E-state index in [1.54, 1.807) is 0 Å². The maximum Gasteiger partial charge on any atom is 0.151 e. The number of rotatable bonds is 7. The fourth-order valence-corrected chi connectivity index (χ4v) is 5.13. The number of nitrogens with zero attached hydrogens (tertiary/aromatic N) is 3. The molecule has 0 bridgehead atoms. The maximum atomic E-state index is 9.19. The molecule has 4 N–H and O–H groups in total. The van der Waals surface area contributed by atoms with Gasteiger partial charge in [-0.05, 0) is 70.8 Å². The SMILES string of the molecule is OCCNCCN1c2ccc(-c3ccc4[nH]ncc4c3)cc2Oc2cc(-c3ccc4[nH]ncc4c3)ccc21. The van der Waals surface area contributed by atoms with Crippen LogP contribution in [-0.2, 0) is 0 Å². The van der Waals surface area contributed by atoms with Gasteiger partial charge in [0.2, 0.25) is 0 Å². The van der Waals surface area contributed by atoms with Gasteiger partial charge in [0.05, 0.1) is 41.4 Å². The summed E-state index contributed by atoms with van der Waals surface area (Å²) in [6.07, 6.45) is 3.68. The van der Waals surface area contributed by atoms with Gasteiger partial charge in [0.15, 0.2) is 11.5 Å². The third kappa shape index (κ3) is 3.96.